The molecule has 0 bridgehead atoms. The number of anilines is 1. The summed E-state index contributed by atoms with van der Waals surface area (Å²) in [5.41, 5.74) is 1.20. The lowest BCUT2D eigenvalue weighted by atomic mass is 10.1. The van der Waals surface area contributed by atoms with Crippen molar-refractivity contribution in [3.63, 3.8) is 0 Å². The molecule has 0 aliphatic carbocycles. The topological polar surface area (TPSA) is 70.0 Å². The largest absolute Gasteiger partial charge is 0.381 e. The average molecular weight is 285 g/mol. The monoisotopic (exact) mass is 284 g/mol. The zero-order chi connectivity index (χ0) is 13.2. The van der Waals surface area contributed by atoms with Gasteiger partial charge in [-0.15, -0.1) is 0 Å². The highest BCUT2D eigenvalue weighted by molar-refractivity contribution is 7.91. The molecule has 4 nitrogen and oxygen atoms in total. The number of nitriles is 1. The second-order valence-electron chi connectivity index (χ2n) is 4.37. The van der Waals surface area contributed by atoms with Gasteiger partial charge in [-0.1, -0.05) is 11.6 Å². The van der Waals surface area contributed by atoms with Gasteiger partial charge in [0.15, 0.2) is 0 Å². The molecule has 1 heterocycles. The fourth-order valence-corrected chi connectivity index (χ4v) is 3.65. The third-order valence-electron chi connectivity index (χ3n) is 3.02. The second-order valence-corrected chi connectivity index (χ2v) is 7.11. The first kappa shape index (κ1) is 13.2. The Bertz CT molecular complexity index is 579. The van der Waals surface area contributed by atoms with Gasteiger partial charge in [-0.2, -0.15) is 5.26 Å². The average Bonchev–Trinajstić information content (AvgIpc) is 2.32. The van der Waals surface area contributed by atoms with Crippen molar-refractivity contribution in [1.82, 2.24) is 0 Å². The molecule has 18 heavy (non-hydrogen) atoms. The van der Waals surface area contributed by atoms with Gasteiger partial charge in [-0.05, 0) is 31.0 Å². The summed E-state index contributed by atoms with van der Waals surface area (Å²) >= 11 is 5.89. The van der Waals surface area contributed by atoms with E-state index in [-0.39, 0.29) is 17.5 Å². The molecule has 0 atom stereocenters. The molecule has 1 N–H and O–H groups in total. The summed E-state index contributed by atoms with van der Waals surface area (Å²) in [6, 6.07) is 7.19. The van der Waals surface area contributed by atoms with Gasteiger partial charge in [-0.25, -0.2) is 8.42 Å². The highest BCUT2D eigenvalue weighted by Crippen LogP contribution is 2.24. The normalized spacial score (nSPS) is 19.1. The summed E-state index contributed by atoms with van der Waals surface area (Å²) in [7, 11) is -2.86. The van der Waals surface area contributed by atoms with E-state index in [1.54, 1.807) is 18.2 Å². The van der Waals surface area contributed by atoms with Crippen molar-refractivity contribution in [2.45, 2.75) is 18.9 Å². The van der Waals surface area contributed by atoms with Gasteiger partial charge < -0.3 is 5.32 Å². The zero-order valence-corrected chi connectivity index (χ0v) is 11.3. The number of benzene rings is 1. The Morgan fingerprint density at radius 3 is 2.61 bits per heavy atom. The lowest BCUT2D eigenvalue weighted by Gasteiger charge is -2.24. The van der Waals surface area contributed by atoms with Crippen LogP contribution in [0.15, 0.2) is 18.2 Å². The predicted molar refractivity (Wildman–Crippen MR) is 71.5 cm³/mol. The molecule has 1 aliphatic heterocycles. The molecule has 96 valence electrons. The standard InChI is InChI=1S/C12H13ClN2O2S/c13-10-2-1-9(8-14)12(7-10)15-11-3-5-18(16,17)6-4-11/h1-2,7,11,15H,3-6H2. The Balaban J connectivity index is 2.11. The number of hydrogen-bond acceptors (Lipinski definition) is 4. The number of halogens is 1. The van der Waals surface area contributed by atoms with E-state index in [9.17, 15) is 8.42 Å². The van der Waals surface area contributed by atoms with Gasteiger partial charge in [0.05, 0.1) is 22.8 Å². The van der Waals surface area contributed by atoms with Crippen LogP contribution in [0.4, 0.5) is 5.69 Å². The molecule has 0 radical (unpaired) electrons. The van der Waals surface area contributed by atoms with Crippen molar-refractivity contribution >= 4 is 27.1 Å². The summed E-state index contributed by atoms with van der Waals surface area (Å²) in [6.07, 6.45) is 1.14. The van der Waals surface area contributed by atoms with Gasteiger partial charge in [0, 0.05) is 11.1 Å². The molecule has 1 aliphatic rings. The molecule has 1 aromatic carbocycles. The minimum absolute atomic E-state index is 0.0825. The second kappa shape index (κ2) is 5.17. The third-order valence-corrected chi connectivity index (χ3v) is 4.97. The van der Waals surface area contributed by atoms with Crippen molar-refractivity contribution in [2.75, 3.05) is 16.8 Å². The fraction of sp³-hybridized carbons (Fsp3) is 0.417. The summed E-state index contributed by atoms with van der Waals surface area (Å²) in [5, 5.41) is 12.8. The molecule has 0 spiro atoms. The highest BCUT2D eigenvalue weighted by Gasteiger charge is 2.23. The molecular formula is C12H13ClN2O2S. The van der Waals surface area contributed by atoms with E-state index in [1.165, 1.54) is 0 Å². The minimum atomic E-state index is -2.86. The first-order chi connectivity index (χ1) is 8.50. The first-order valence-corrected chi connectivity index (χ1v) is 7.87. The van der Waals surface area contributed by atoms with Crippen LogP contribution >= 0.6 is 11.6 Å². The van der Waals surface area contributed by atoms with E-state index in [0.717, 1.165) is 0 Å². The van der Waals surface area contributed by atoms with Crippen LogP contribution in [0.1, 0.15) is 18.4 Å². The minimum Gasteiger partial charge on any atom is -0.381 e. The summed E-state index contributed by atoms with van der Waals surface area (Å²) in [5.74, 6) is 0.403. The molecule has 6 heteroatoms. The van der Waals surface area contributed by atoms with Gasteiger partial charge in [-0.3, -0.25) is 0 Å². The Hall–Kier alpha value is -1.25. The maximum Gasteiger partial charge on any atom is 0.150 e. The van der Waals surface area contributed by atoms with Crippen LogP contribution in [-0.4, -0.2) is 26.0 Å². The molecule has 1 saturated heterocycles. The van der Waals surface area contributed by atoms with Crippen LogP contribution in [0.25, 0.3) is 0 Å². The number of hydrogen-bond donors (Lipinski definition) is 1. The van der Waals surface area contributed by atoms with Crippen LogP contribution in [0.3, 0.4) is 0 Å². The van der Waals surface area contributed by atoms with Crippen molar-refractivity contribution in [1.29, 1.82) is 5.26 Å². The summed E-state index contributed by atoms with van der Waals surface area (Å²) < 4.78 is 22.6. The molecule has 0 aromatic heterocycles. The van der Waals surface area contributed by atoms with E-state index >= 15 is 0 Å². The van der Waals surface area contributed by atoms with Gasteiger partial charge >= 0.3 is 0 Å². The Labute approximate surface area is 111 Å². The van der Waals surface area contributed by atoms with Crippen LogP contribution in [-0.2, 0) is 9.84 Å². The first-order valence-electron chi connectivity index (χ1n) is 5.67. The summed E-state index contributed by atoms with van der Waals surface area (Å²) in [4.78, 5) is 0. The van der Waals surface area contributed by atoms with Gasteiger partial charge in [0.1, 0.15) is 15.9 Å². The molecule has 0 unspecified atom stereocenters. The summed E-state index contributed by atoms with van der Waals surface area (Å²) in [6.45, 7) is 0. The van der Waals surface area contributed by atoms with E-state index in [1.807, 2.05) is 0 Å². The van der Waals surface area contributed by atoms with Crippen molar-refractivity contribution in [3.8, 4) is 6.07 Å². The molecule has 2 rings (SSSR count). The van der Waals surface area contributed by atoms with E-state index in [0.29, 0.717) is 29.1 Å². The Morgan fingerprint density at radius 1 is 1.33 bits per heavy atom. The number of nitrogens with zero attached hydrogens (tertiary/aromatic N) is 1. The van der Waals surface area contributed by atoms with E-state index in [4.69, 9.17) is 16.9 Å². The number of nitrogens with one attached hydrogen (secondary N) is 1. The SMILES string of the molecule is N#Cc1ccc(Cl)cc1NC1CCS(=O)(=O)CC1. The number of sulfone groups is 1. The van der Waals surface area contributed by atoms with Crippen molar-refractivity contribution in [2.24, 2.45) is 0 Å². The van der Waals surface area contributed by atoms with Crippen LogP contribution in [0.2, 0.25) is 5.02 Å². The van der Waals surface area contributed by atoms with E-state index < -0.39 is 9.84 Å². The maximum atomic E-state index is 11.3. The van der Waals surface area contributed by atoms with Crippen LogP contribution < -0.4 is 5.32 Å². The van der Waals surface area contributed by atoms with Crippen molar-refractivity contribution < 1.29 is 8.42 Å². The fourth-order valence-electron chi connectivity index (χ4n) is 1.99. The Morgan fingerprint density at radius 2 is 2.00 bits per heavy atom. The molecule has 1 fully saturated rings. The smallest absolute Gasteiger partial charge is 0.150 e. The quantitative estimate of drug-likeness (QED) is 0.904. The van der Waals surface area contributed by atoms with Gasteiger partial charge in [0.25, 0.3) is 0 Å². The maximum absolute atomic E-state index is 11.3. The van der Waals surface area contributed by atoms with Crippen molar-refractivity contribution in [3.05, 3.63) is 28.8 Å². The van der Waals surface area contributed by atoms with E-state index in [2.05, 4.69) is 11.4 Å². The molecule has 1 aromatic rings. The third kappa shape index (κ3) is 3.15. The molecule has 0 amide bonds. The lowest BCUT2D eigenvalue weighted by Crippen LogP contribution is -2.32. The van der Waals surface area contributed by atoms with Crippen LogP contribution in [0, 0.1) is 11.3 Å². The predicted octanol–water partition coefficient (Wildman–Crippen LogP) is 2.20. The van der Waals surface area contributed by atoms with Crippen LogP contribution in [0.5, 0.6) is 0 Å². The number of rotatable bonds is 2. The highest BCUT2D eigenvalue weighted by atomic mass is 35.5. The molecular weight excluding hydrogens is 272 g/mol. The Kier molecular flexibility index (Phi) is 3.79. The van der Waals surface area contributed by atoms with Gasteiger partial charge in [0.2, 0.25) is 0 Å². The zero-order valence-electron chi connectivity index (χ0n) is 9.69. The molecule has 0 saturated carbocycles. The lowest BCUT2D eigenvalue weighted by molar-refractivity contribution is 0.559.